The molecule has 0 aromatic carbocycles. The molecule has 0 bridgehead atoms. The van der Waals surface area contributed by atoms with E-state index in [9.17, 15) is 4.79 Å². The second-order valence-electron chi connectivity index (χ2n) is 6.08. The van der Waals surface area contributed by atoms with Crippen molar-refractivity contribution in [1.29, 1.82) is 0 Å². The van der Waals surface area contributed by atoms with Gasteiger partial charge in [0, 0.05) is 29.3 Å². The highest BCUT2D eigenvalue weighted by Crippen LogP contribution is 2.19. The number of amides is 1. The number of nitrogens with zero attached hydrogens (tertiary/aromatic N) is 2. The van der Waals surface area contributed by atoms with Gasteiger partial charge >= 0.3 is 0 Å². The topological polar surface area (TPSA) is 37.3 Å². The van der Waals surface area contributed by atoms with E-state index in [4.69, 9.17) is 0 Å². The number of hydrogen-bond acceptors (Lipinski definition) is 2. The highest BCUT2D eigenvalue weighted by Gasteiger charge is 2.14. The third-order valence-corrected chi connectivity index (χ3v) is 4.14. The molecule has 0 saturated heterocycles. The minimum absolute atomic E-state index is 0.00612. The average Bonchev–Trinajstić information content (AvgIpc) is 2.80. The van der Waals surface area contributed by atoms with Gasteiger partial charge in [-0.3, -0.25) is 4.79 Å². The maximum Gasteiger partial charge on any atom is 0.267 e. The van der Waals surface area contributed by atoms with Gasteiger partial charge in [0.1, 0.15) is 5.69 Å². The van der Waals surface area contributed by atoms with Crippen molar-refractivity contribution >= 4 is 21.8 Å². The van der Waals surface area contributed by atoms with Crippen LogP contribution in [-0.2, 0) is 0 Å². The standard InChI is InChI=1S/C16H28BrN3O/c1-12(2)19(5)9-7-6-8-18-16(21)15-10-14(17)11-20(15)13(3)4/h10-13H,6-9H2,1-5H3,(H,18,21). The van der Waals surface area contributed by atoms with Gasteiger partial charge in [-0.25, -0.2) is 0 Å². The molecule has 0 unspecified atom stereocenters. The van der Waals surface area contributed by atoms with Gasteiger partial charge < -0.3 is 14.8 Å². The Hall–Kier alpha value is -0.810. The van der Waals surface area contributed by atoms with Gasteiger partial charge in [-0.05, 0) is 76.1 Å². The summed E-state index contributed by atoms with van der Waals surface area (Å²) in [5.74, 6) is 0.00612. The van der Waals surface area contributed by atoms with Crippen molar-refractivity contribution in [3.63, 3.8) is 0 Å². The molecule has 1 aromatic rings. The van der Waals surface area contributed by atoms with E-state index >= 15 is 0 Å². The number of carbonyl (C=O) groups is 1. The zero-order valence-corrected chi connectivity index (χ0v) is 15.4. The van der Waals surface area contributed by atoms with Crippen LogP contribution in [0, 0.1) is 0 Å². The fourth-order valence-electron chi connectivity index (χ4n) is 2.09. The molecule has 0 atom stereocenters. The van der Waals surface area contributed by atoms with Gasteiger partial charge in [-0.2, -0.15) is 0 Å². The largest absolute Gasteiger partial charge is 0.351 e. The first-order chi connectivity index (χ1) is 9.82. The van der Waals surface area contributed by atoms with Crippen LogP contribution < -0.4 is 5.32 Å². The van der Waals surface area contributed by atoms with E-state index in [1.165, 1.54) is 0 Å². The molecule has 1 heterocycles. The predicted octanol–water partition coefficient (Wildman–Crippen LogP) is 3.68. The summed E-state index contributed by atoms with van der Waals surface area (Å²) in [6, 6.07) is 2.73. The quantitative estimate of drug-likeness (QED) is 0.720. The zero-order chi connectivity index (χ0) is 16.0. The summed E-state index contributed by atoms with van der Waals surface area (Å²) in [5, 5.41) is 3.01. The third-order valence-electron chi connectivity index (χ3n) is 3.71. The summed E-state index contributed by atoms with van der Waals surface area (Å²) in [6.45, 7) is 10.3. The molecule has 120 valence electrons. The summed E-state index contributed by atoms with van der Waals surface area (Å²) in [4.78, 5) is 14.5. The Morgan fingerprint density at radius 2 is 2.00 bits per heavy atom. The maximum atomic E-state index is 12.2. The van der Waals surface area contributed by atoms with Gasteiger partial charge in [0.25, 0.3) is 5.91 Å². The van der Waals surface area contributed by atoms with Crippen molar-refractivity contribution < 1.29 is 4.79 Å². The molecule has 21 heavy (non-hydrogen) atoms. The lowest BCUT2D eigenvalue weighted by Crippen LogP contribution is -2.29. The normalized spacial score (nSPS) is 11.7. The first kappa shape index (κ1) is 18.2. The van der Waals surface area contributed by atoms with Crippen LogP contribution in [0.15, 0.2) is 16.7 Å². The molecule has 5 heteroatoms. The van der Waals surface area contributed by atoms with Crippen LogP contribution in [0.1, 0.15) is 57.1 Å². The first-order valence-corrected chi connectivity index (χ1v) is 8.48. The van der Waals surface area contributed by atoms with Crippen LogP contribution in [0.25, 0.3) is 0 Å². The Morgan fingerprint density at radius 1 is 1.33 bits per heavy atom. The first-order valence-electron chi connectivity index (χ1n) is 7.68. The van der Waals surface area contributed by atoms with E-state index < -0.39 is 0 Å². The molecule has 1 aromatic heterocycles. The minimum Gasteiger partial charge on any atom is -0.351 e. The van der Waals surface area contributed by atoms with Crippen molar-refractivity contribution in [1.82, 2.24) is 14.8 Å². The SMILES string of the molecule is CC(C)N(C)CCCCNC(=O)c1cc(Br)cn1C(C)C. The summed E-state index contributed by atoms with van der Waals surface area (Å²) in [7, 11) is 2.14. The molecule has 0 saturated carbocycles. The Morgan fingerprint density at radius 3 is 2.57 bits per heavy atom. The van der Waals surface area contributed by atoms with Crippen LogP contribution in [0.5, 0.6) is 0 Å². The number of hydrogen-bond donors (Lipinski definition) is 1. The van der Waals surface area contributed by atoms with E-state index in [1.54, 1.807) is 0 Å². The van der Waals surface area contributed by atoms with Crippen LogP contribution >= 0.6 is 15.9 Å². The number of carbonyl (C=O) groups excluding carboxylic acids is 1. The molecule has 0 spiro atoms. The van der Waals surface area contributed by atoms with Crippen LogP contribution in [-0.4, -0.2) is 41.6 Å². The van der Waals surface area contributed by atoms with Crippen molar-refractivity contribution in [3.8, 4) is 0 Å². The molecule has 1 amide bonds. The van der Waals surface area contributed by atoms with Crippen LogP contribution in [0.3, 0.4) is 0 Å². The summed E-state index contributed by atoms with van der Waals surface area (Å²) >= 11 is 3.44. The van der Waals surface area contributed by atoms with Crippen LogP contribution in [0.4, 0.5) is 0 Å². The van der Waals surface area contributed by atoms with Gasteiger partial charge in [0.05, 0.1) is 0 Å². The Kier molecular flexibility index (Phi) is 7.46. The fraction of sp³-hybridized carbons (Fsp3) is 0.688. The number of halogens is 1. The molecule has 1 rings (SSSR count). The molecule has 4 nitrogen and oxygen atoms in total. The second kappa shape index (κ2) is 8.59. The van der Waals surface area contributed by atoms with Crippen molar-refractivity contribution in [2.45, 2.75) is 52.6 Å². The second-order valence-corrected chi connectivity index (χ2v) is 7.00. The number of nitrogens with one attached hydrogen (secondary N) is 1. The minimum atomic E-state index is 0.00612. The Bertz CT molecular complexity index is 454. The van der Waals surface area contributed by atoms with E-state index in [0.717, 1.165) is 36.1 Å². The third kappa shape index (κ3) is 5.83. The number of aromatic nitrogens is 1. The smallest absolute Gasteiger partial charge is 0.267 e. The number of rotatable bonds is 8. The molecule has 0 fully saturated rings. The van der Waals surface area contributed by atoms with Gasteiger partial charge in [-0.15, -0.1) is 0 Å². The van der Waals surface area contributed by atoms with E-state index in [-0.39, 0.29) is 11.9 Å². The lowest BCUT2D eigenvalue weighted by Gasteiger charge is -2.20. The Labute approximate surface area is 137 Å². The molecule has 0 aliphatic rings. The highest BCUT2D eigenvalue weighted by molar-refractivity contribution is 9.10. The van der Waals surface area contributed by atoms with Crippen molar-refractivity contribution in [2.24, 2.45) is 0 Å². The summed E-state index contributed by atoms with van der Waals surface area (Å²) in [6.07, 6.45) is 4.06. The average molecular weight is 358 g/mol. The molecular weight excluding hydrogens is 330 g/mol. The zero-order valence-electron chi connectivity index (χ0n) is 13.8. The highest BCUT2D eigenvalue weighted by atomic mass is 79.9. The van der Waals surface area contributed by atoms with E-state index in [2.05, 4.69) is 60.9 Å². The molecule has 0 radical (unpaired) electrons. The van der Waals surface area contributed by atoms with Crippen molar-refractivity contribution in [3.05, 3.63) is 22.4 Å². The molecule has 1 N–H and O–H groups in total. The predicted molar refractivity (Wildman–Crippen MR) is 91.9 cm³/mol. The van der Waals surface area contributed by atoms with Gasteiger partial charge in [0.2, 0.25) is 0 Å². The maximum absolute atomic E-state index is 12.2. The summed E-state index contributed by atoms with van der Waals surface area (Å²) < 4.78 is 2.94. The summed E-state index contributed by atoms with van der Waals surface area (Å²) in [5.41, 5.74) is 0.719. The van der Waals surface area contributed by atoms with Crippen LogP contribution in [0.2, 0.25) is 0 Å². The van der Waals surface area contributed by atoms with E-state index in [0.29, 0.717) is 6.04 Å². The van der Waals surface area contributed by atoms with Gasteiger partial charge in [-0.1, -0.05) is 0 Å². The van der Waals surface area contributed by atoms with E-state index in [1.807, 2.05) is 16.8 Å². The molecule has 0 aliphatic heterocycles. The monoisotopic (exact) mass is 357 g/mol. The fourth-order valence-corrected chi connectivity index (χ4v) is 2.53. The molecule has 0 aliphatic carbocycles. The van der Waals surface area contributed by atoms with Gasteiger partial charge in [0.15, 0.2) is 0 Å². The Balaban J connectivity index is 2.38. The molecular formula is C16H28BrN3O. The lowest BCUT2D eigenvalue weighted by atomic mass is 10.2. The van der Waals surface area contributed by atoms with Crippen molar-refractivity contribution in [2.75, 3.05) is 20.1 Å². The number of unbranched alkanes of at least 4 members (excludes halogenated alkanes) is 1. The lowest BCUT2D eigenvalue weighted by molar-refractivity contribution is 0.0941.